The van der Waals surface area contributed by atoms with Gasteiger partial charge in [-0.15, -0.1) is 0 Å². The molecule has 2 saturated carbocycles. The first-order chi connectivity index (χ1) is 19.8. The Bertz CT molecular complexity index is 989. The third-order valence-corrected chi connectivity index (χ3v) is 9.33. The van der Waals surface area contributed by atoms with Crippen molar-refractivity contribution >= 4 is 11.8 Å². The average molecular weight is 571 g/mol. The lowest BCUT2D eigenvalue weighted by molar-refractivity contribution is -0.133. The van der Waals surface area contributed by atoms with E-state index in [9.17, 15) is 9.59 Å². The summed E-state index contributed by atoms with van der Waals surface area (Å²) >= 11 is 0. The first kappa shape index (κ1) is 31.8. The van der Waals surface area contributed by atoms with Gasteiger partial charge >= 0.3 is 0 Å². The molecule has 1 heterocycles. The maximum absolute atomic E-state index is 13.9. The van der Waals surface area contributed by atoms with E-state index in [1.165, 1.54) is 0 Å². The van der Waals surface area contributed by atoms with Gasteiger partial charge in [-0.05, 0) is 94.2 Å². The number of hydrogen-bond acceptors (Lipinski definition) is 6. The van der Waals surface area contributed by atoms with E-state index in [1.807, 2.05) is 23.1 Å². The van der Waals surface area contributed by atoms with E-state index in [-0.39, 0.29) is 11.9 Å². The minimum Gasteiger partial charge on any atom is -0.493 e. The Kier molecular flexibility index (Phi) is 11.9. The van der Waals surface area contributed by atoms with E-state index < -0.39 is 0 Å². The number of carbonyl (C=O) groups excluding carboxylic acids is 2. The van der Waals surface area contributed by atoms with Gasteiger partial charge in [-0.1, -0.05) is 13.0 Å². The van der Waals surface area contributed by atoms with Crippen molar-refractivity contribution in [2.24, 2.45) is 23.5 Å². The Morgan fingerprint density at radius 3 is 2.37 bits per heavy atom. The lowest BCUT2D eigenvalue weighted by Crippen LogP contribution is -2.45. The first-order valence-corrected chi connectivity index (χ1v) is 16.1. The minimum atomic E-state index is 0.0423. The molecule has 2 amide bonds. The van der Waals surface area contributed by atoms with Crippen LogP contribution in [0, 0.1) is 17.8 Å². The van der Waals surface area contributed by atoms with E-state index in [1.54, 1.807) is 7.11 Å². The third kappa shape index (κ3) is 8.91. The van der Waals surface area contributed by atoms with Crippen molar-refractivity contribution in [1.82, 2.24) is 15.1 Å². The van der Waals surface area contributed by atoms with Gasteiger partial charge in [0.1, 0.15) is 5.75 Å². The highest BCUT2D eigenvalue weighted by Gasteiger charge is 2.39. The van der Waals surface area contributed by atoms with Crippen LogP contribution >= 0.6 is 0 Å². The van der Waals surface area contributed by atoms with Crippen LogP contribution in [0.15, 0.2) is 18.2 Å². The Morgan fingerprint density at radius 1 is 1.02 bits per heavy atom. The fourth-order valence-electron chi connectivity index (χ4n) is 6.51. The molecule has 0 spiro atoms. The quantitative estimate of drug-likeness (QED) is 0.306. The molecule has 2 atom stereocenters. The van der Waals surface area contributed by atoms with Gasteiger partial charge in [-0.25, -0.2) is 0 Å². The van der Waals surface area contributed by atoms with Crippen LogP contribution < -0.4 is 15.8 Å². The molecule has 1 aromatic carbocycles. The molecule has 0 unspecified atom stereocenters. The van der Waals surface area contributed by atoms with Gasteiger partial charge in [-0.2, -0.15) is 0 Å². The maximum atomic E-state index is 13.9. The fourth-order valence-corrected chi connectivity index (χ4v) is 6.51. The van der Waals surface area contributed by atoms with Crippen LogP contribution in [0.5, 0.6) is 5.75 Å². The van der Waals surface area contributed by atoms with Gasteiger partial charge in [0.25, 0.3) is 5.91 Å². The van der Waals surface area contributed by atoms with Crippen LogP contribution in [-0.4, -0.2) is 86.2 Å². The van der Waals surface area contributed by atoms with Gasteiger partial charge in [0, 0.05) is 76.4 Å². The monoisotopic (exact) mass is 570 g/mol. The largest absolute Gasteiger partial charge is 0.493 e. The molecule has 1 aromatic rings. The number of methoxy groups -OCH3 is 1. The highest BCUT2D eigenvalue weighted by atomic mass is 16.5. The minimum absolute atomic E-state index is 0.0423. The number of nitrogens with zero attached hydrogens (tertiary/aromatic N) is 2. The Balaban J connectivity index is 1.40. The summed E-state index contributed by atoms with van der Waals surface area (Å²) in [6.07, 6.45) is 8.78. The summed E-state index contributed by atoms with van der Waals surface area (Å²) in [7, 11) is 1.69. The molecule has 1 saturated heterocycles. The number of carbonyl (C=O) groups is 2. The Hall–Kier alpha value is -2.16. The predicted octanol–water partition coefficient (Wildman–Crippen LogP) is 4.25. The van der Waals surface area contributed by atoms with E-state index in [4.69, 9.17) is 15.2 Å². The van der Waals surface area contributed by atoms with Gasteiger partial charge in [0.2, 0.25) is 5.91 Å². The normalized spacial score (nSPS) is 24.4. The van der Waals surface area contributed by atoms with E-state index in [0.717, 1.165) is 82.3 Å². The molecule has 8 heteroatoms. The molecule has 3 N–H and O–H groups in total. The van der Waals surface area contributed by atoms with E-state index in [0.29, 0.717) is 67.5 Å². The summed E-state index contributed by atoms with van der Waals surface area (Å²) < 4.78 is 11.2. The summed E-state index contributed by atoms with van der Waals surface area (Å²) in [5, 5.41) is 3.57. The predicted molar refractivity (Wildman–Crippen MR) is 163 cm³/mol. The Labute approximate surface area is 247 Å². The second-order valence-corrected chi connectivity index (χ2v) is 12.9. The molecule has 2 aliphatic carbocycles. The van der Waals surface area contributed by atoms with E-state index in [2.05, 4.69) is 31.0 Å². The van der Waals surface area contributed by atoms with Crippen LogP contribution in [0.25, 0.3) is 0 Å². The number of hydrogen-bond donors (Lipinski definition) is 2. The number of amides is 2. The lowest BCUT2D eigenvalue weighted by Gasteiger charge is -2.34. The van der Waals surface area contributed by atoms with Crippen molar-refractivity contribution in [2.45, 2.75) is 96.7 Å². The number of nitrogens with one attached hydrogen (secondary N) is 1. The molecular formula is C33H54N4O4. The first-order valence-electron chi connectivity index (χ1n) is 16.1. The SMILES string of the molecule is CCc1ccc(C(=O)N(C[C@@H]2CNC[C@H]2CN(C(=O)CC2CCC(N)CC2)C2CC2)C(C)C)cc1OCCCOC. The van der Waals surface area contributed by atoms with Crippen molar-refractivity contribution in [2.75, 3.05) is 46.5 Å². The van der Waals surface area contributed by atoms with Crippen molar-refractivity contribution in [3.8, 4) is 5.75 Å². The lowest BCUT2D eigenvalue weighted by atomic mass is 9.84. The summed E-state index contributed by atoms with van der Waals surface area (Å²) in [6, 6.07) is 6.66. The van der Waals surface area contributed by atoms with Crippen molar-refractivity contribution < 1.29 is 19.1 Å². The van der Waals surface area contributed by atoms with Gasteiger partial charge in [-0.3, -0.25) is 9.59 Å². The molecule has 8 nitrogen and oxygen atoms in total. The molecule has 3 aliphatic rings. The topological polar surface area (TPSA) is 97.1 Å². The molecule has 41 heavy (non-hydrogen) atoms. The molecule has 3 fully saturated rings. The van der Waals surface area contributed by atoms with Crippen molar-refractivity contribution in [3.05, 3.63) is 29.3 Å². The van der Waals surface area contributed by atoms with Gasteiger partial charge < -0.3 is 30.3 Å². The number of aryl methyl sites for hydroxylation is 1. The highest BCUT2D eigenvalue weighted by molar-refractivity contribution is 5.95. The van der Waals surface area contributed by atoms with Crippen molar-refractivity contribution in [1.29, 1.82) is 0 Å². The summed E-state index contributed by atoms with van der Waals surface area (Å²) in [6.45, 7) is 10.7. The number of benzene rings is 1. The number of nitrogens with two attached hydrogens (primary N) is 1. The van der Waals surface area contributed by atoms with Gasteiger partial charge in [0.15, 0.2) is 0 Å². The number of rotatable bonds is 15. The summed E-state index contributed by atoms with van der Waals surface area (Å²) in [4.78, 5) is 31.5. The van der Waals surface area contributed by atoms with Crippen LogP contribution in [0.3, 0.4) is 0 Å². The average Bonchev–Trinajstić information content (AvgIpc) is 3.71. The molecule has 0 bridgehead atoms. The third-order valence-electron chi connectivity index (χ3n) is 9.33. The summed E-state index contributed by atoms with van der Waals surface area (Å²) in [5.41, 5.74) is 7.87. The number of ether oxygens (including phenoxy) is 2. The van der Waals surface area contributed by atoms with Crippen LogP contribution in [-0.2, 0) is 16.0 Å². The second-order valence-electron chi connectivity index (χ2n) is 12.9. The molecule has 4 rings (SSSR count). The smallest absolute Gasteiger partial charge is 0.254 e. The zero-order valence-corrected chi connectivity index (χ0v) is 25.9. The molecule has 1 aliphatic heterocycles. The molecule has 0 aromatic heterocycles. The van der Waals surface area contributed by atoms with Crippen molar-refractivity contribution in [3.63, 3.8) is 0 Å². The zero-order valence-electron chi connectivity index (χ0n) is 25.9. The van der Waals surface area contributed by atoms with Crippen LogP contribution in [0.2, 0.25) is 0 Å². The van der Waals surface area contributed by atoms with Gasteiger partial charge in [0.05, 0.1) is 6.61 Å². The zero-order chi connectivity index (χ0) is 29.4. The molecular weight excluding hydrogens is 516 g/mol. The standard InChI is InChI=1S/C33H54N4O4/c1-5-25-9-10-26(18-31(25)41-16-6-15-40-4)33(39)36(23(2)3)21-27-19-35-20-28(27)22-37(30-13-14-30)32(38)17-24-7-11-29(34)12-8-24/h9-10,18,23-24,27-30,35H,5-8,11-17,19-22,34H2,1-4H3/t24?,27-,28-,29?/m0/s1. The summed E-state index contributed by atoms with van der Waals surface area (Å²) in [5.74, 6) is 2.28. The van der Waals surface area contributed by atoms with E-state index >= 15 is 0 Å². The second kappa shape index (κ2) is 15.4. The maximum Gasteiger partial charge on any atom is 0.254 e. The molecule has 0 radical (unpaired) electrons. The highest BCUT2D eigenvalue weighted by Crippen LogP contribution is 2.33. The Morgan fingerprint density at radius 2 is 1.73 bits per heavy atom. The molecule has 230 valence electrons. The van der Waals surface area contributed by atoms with Crippen LogP contribution in [0.4, 0.5) is 0 Å². The van der Waals surface area contributed by atoms with Crippen LogP contribution in [0.1, 0.15) is 88.1 Å². The fraction of sp³-hybridized carbons (Fsp3) is 0.758.